The number of ketones is 1. The molecule has 1 aliphatic heterocycles. The van der Waals surface area contributed by atoms with Gasteiger partial charge in [-0.2, -0.15) is 0 Å². The van der Waals surface area contributed by atoms with Crippen LogP contribution in [-0.2, 0) is 4.79 Å². The molecule has 0 aromatic heterocycles. The number of phenols is 1. The summed E-state index contributed by atoms with van der Waals surface area (Å²) in [5.41, 5.74) is 1.58. The van der Waals surface area contributed by atoms with E-state index in [0.29, 0.717) is 23.2 Å². The van der Waals surface area contributed by atoms with Crippen LogP contribution < -0.4 is 4.74 Å². The summed E-state index contributed by atoms with van der Waals surface area (Å²) in [6.45, 7) is 4.64. The van der Waals surface area contributed by atoms with Crippen molar-refractivity contribution >= 4 is 27.8 Å². The molecular weight excluding hydrogens is 334 g/mol. The van der Waals surface area contributed by atoms with Gasteiger partial charge in [0.1, 0.15) is 0 Å². The molecule has 0 saturated carbocycles. The first-order valence-electron chi connectivity index (χ1n) is 7.08. The second kappa shape index (κ2) is 7.09. The zero-order valence-corrected chi connectivity index (χ0v) is 13.9. The van der Waals surface area contributed by atoms with Crippen LogP contribution in [0.4, 0.5) is 0 Å². The van der Waals surface area contributed by atoms with E-state index < -0.39 is 0 Å². The highest BCUT2D eigenvalue weighted by atomic mass is 79.9. The SMILES string of the molecule is CCCN1CCC(=O)/C(=C/c2ccc(OC)c(O)c2Br)C1. The van der Waals surface area contributed by atoms with Crippen LogP contribution in [0.2, 0.25) is 0 Å². The van der Waals surface area contributed by atoms with Crippen molar-refractivity contribution in [2.45, 2.75) is 19.8 Å². The Bertz CT molecular complexity index is 569. The van der Waals surface area contributed by atoms with Crippen molar-refractivity contribution in [3.8, 4) is 11.5 Å². The summed E-state index contributed by atoms with van der Waals surface area (Å²) >= 11 is 3.36. The van der Waals surface area contributed by atoms with E-state index in [1.165, 1.54) is 7.11 Å². The van der Waals surface area contributed by atoms with Crippen molar-refractivity contribution in [1.29, 1.82) is 0 Å². The third kappa shape index (κ3) is 3.66. The Labute approximate surface area is 133 Å². The lowest BCUT2D eigenvalue weighted by atomic mass is 10.00. The molecule has 0 atom stereocenters. The average Bonchev–Trinajstić information content (AvgIpc) is 2.48. The van der Waals surface area contributed by atoms with Gasteiger partial charge >= 0.3 is 0 Å². The molecule has 0 radical (unpaired) electrons. The minimum atomic E-state index is 0.0560. The minimum Gasteiger partial charge on any atom is -0.503 e. The number of hydrogen-bond donors (Lipinski definition) is 1. The Balaban J connectivity index is 2.29. The maximum Gasteiger partial charge on any atom is 0.172 e. The number of benzene rings is 1. The molecule has 1 aromatic rings. The molecule has 1 fully saturated rings. The number of likely N-dealkylation sites (tertiary alicyclic amines) is 1. The first kappa shape index (κ1) is 16.0. The summed E-state index contributed by atoms with van der Waals surface area (Å²) in [5, 5.41) is 10.0. The maximum absolute atomic E-state index is 12.1. The van der Waals surface area contributed by atoms with E-state index in [9.17, 15) is 9.90 Å². The molecule has 114 valence electrons. The van der Waals surface area contributed by atoms with Crippen molar-refractivity contribution in [1.82, 2.24) is 4.90 Å². The predicted molar refractivity (Wildman–Crippen MR) is 86.7 cm³/mol. The smallest absolute Gasteiger partial charge is 0.172 e. The van der Waals surface area contributed by atoms with E-state index in [0.717, 1.165) is 30.6 Å². The Kier molecular flexibility index (Phi) is 5.42. The van der Waals surface area contributed by atoms with Crippen LogP contribution in [0.5, 0.6) is 11.5 Å². The van der Waals surface area contributed by atoms with Gasteiger partial charge in [0.2, 0.25) is 0 Å². The van der Waals surface area contributed by atoms with Crippen LogP contribution in [0.3, 0.4) is 0 Å². The molecule has 0 aliphatic carbocycles. The maximum atomic E-state index is 12.1. The second-order valence-electron chi connectivity index (χ2n) is 5.14. The summed E-state index contributed by atoms with van der Waals surface area (Å²) in [6, 6.07) is 3.53. The number of Topliss-reactive ketones (excluding diaryl/α,β-unsaturated/α-hetero) is 1. The van der Waals surface area contributed by atoms with Crippen molar-refractivity contribution < 1.29 is 14.6 Å². The monoisotopic (exact) mass is 353 g/mol. The van der Waals surface area contributed by atoms with Gasteiger partial charge < -0.3 is 9.84 Å². The number of phenolic OH excluding ortho intramolecular Hbond substituents is 1. The topological polar surface area (TPSA) is 49.8 Å². The molecule has 0 spiro atoms. The van der Waals surface area contributed by atoms with E-state index in [1.807, 2.05) is 12.1 Å². The number of rotatable bonds is 4. The molecule has 1 N–H and O–H groups in total. The predicted octanol–water partition coefficient (Wildman–Crippen LogP) is 3.23. The fraction of sp³-hybridized carbons (Fsp3) is 0.438. The Morgan fingerprint density at radius 1 is 1.48 bits per heavy atom. The summed E-state index contributed by atoms with van der Waals surface area (Å²) < 4.78 is 5.62. The van der Waals surface area contributed by atoms with Gasteiger partial charge in [0.15, 0.2) is 17.3 Å². The Morgan fingerprint density at radius 2 is 2.24 bits per heavy atom. The molecule has 21 heavy (non-hydrogen) atoms. The Hall–Kier alpha value is -1.33. The van der Waals surface area contributed by atoms with Gasteiger partial charge in [-0.1, -0.05) is 6.92 Å². The lowest BCUT2D eigenvalue weighted by molar-refractivity contribution is -0.117. The molecule has 0 unspecified atom stereocenters. The molecule has 1 saturated heterocycles. The van der Waals surface area contributed by atoms with Gasteiger partial charge in [-0.3, -0.25) is 9.69 Å². The minimum absolute atomic E-state index is 0.0560. The highest BCUT2D eigenvalue weighted by Gasteiger charge is 2.21. The van der Waals surface area contributed by atoms with E-state index >= 15 is 0 Å². The molecule has 0 bridgehead atoms. The van der Waals surface area contributed by atoms with E-state index in [-0.39, 0.29) is 11.5 Å². The zero-order chi connectivity index (χ0) is 15.4. The molecule has 1 heterocycles. The normalized spacial score (nSPS) is 18.2. The van der Waals surface area contributed by atoms with Gasteiger partial charge in [-0.25, -0.2) is 0 Å². The van der Waals surface area contributed by atoms with Crippen LogP contribution >= 0.6 is 15.9 Å². The van der Waals surface area contributed by atoms with Gasteiger partial charge in [0.05, 0.1) is 11.6 Å². The fourth-order valence-corrected chi connectivity index (χ4v) is 2.93. The Morgan fingerprint density at radius 3 is 2.90 bits per heavy atom. The van der Waals surface area contributed by atoms with Gasteiger partial charge in [0, 0.05) is 25.1 Å². The van der Waals surface area contributed by atoms with Crippen LogP contribution in [0, 0.1) is 0 Å². The molecule has 4 nitrogen and oxygen atoms in total. The number of nitrogens with zero attached hydrogens (tertiary/aromatic N) is 1. The van der Waals surface area contributed by atoms with Crippen molar-refractivity contribution in [2.24, 2.45) is 0 Å². The largest absolute Gasteiger partial charge is 0.503 e. The van der Waals surface area contributed by atoms with E-state index in [2.05, 4.69) is 27.8 Å². The van der Waals surface area contributed by atoms with Gasteiger partial charge in [-0.05, 0) is 52.7 Å². The van der Waals surface area contributed by atoms with Crippen LogP contribution in [-0.4, -0.2) is 42.5 Å². The number of carbonyl (C=O) groups is 1. The number of halogens is 1. The van der Waals surface area contributed by atoms with Crippen LogP contribution in [0.25, 0.3) is 6.08 Å². The molecule has 1 aliphatic rings. The van der Waals surface area contributed by atoms with Crippen LogP contribution in [0.1, 0.15) is 25.3 Å². The first-order valence-corrected chi connectivity index (χ1v) is 7.87. The lowest BCUT2D eigenvalue weighted by Crippen LogP contribution is -2.36. The molecule has 0 amide bonds. The van der Waals surface area contributed by atoms with Crippen molar-refractivity contribution in [3.63, 3.8) is 0 Å². The molecule has 5 heteroatoms. The highest BCUT2D eigenvalue weighted by Crippen LogP contribution is 2.37. The summed E-state index contributed by atoms with van der Waals surface area (Å²) in [6.07, 6.45) is 3.49. The standard InChI is InChI=1S/C16H20BrNO3/c1-3-7-18-8-6-13(19)12(10-18)9-11-4-5-14(21-2)16(20)15(11)17/h4-5,9,20H,3,6-8,10H2,1-2H3/b12-9+. The molecule has 2 rings (SSSR count). The molecular formula is C16H20BrNO3. The average molecular weight is 354 g/mol. The zero-order valence-electron chi connectivity index (χ0n) is 12.4. The number of methoxy groups -OCH3 is 1. The van der Waals surface area contributed by atoms with Crippen molar-refractivity contribution in [3.05, 3.63) is 27.7 Å². The third-order valence-corrected chi connectivity index (χ3v) is 4.44. The van der Waals surface area contributed by atoms with E-state index in [1.54, 1.807) is 6.07 Å². The first-order chi connectivity index (χ1) is 10.1. The van der Waals surface area contributed by atoms with Crippen molar-refractivity contribution in [2.75, 3.05) is 26.7 Å². The number of aromatic hydroxyl groups is 1. The molecule has 1 aromatic carbocycles. The summed E-state index contributed by atoms with van der Waals surface area (Å²) in [4.78, 5) is 14.4. The fourth-order valence-electron chi connectivity index (χ4n) is 2.49. The third-order valence-electron chi connectivity index (χ3n) is 3.61. The number of ether oxygens (including phenoxy) is 1. The van der Waals surface area contributed by atoms with Gasteiger partial charge in [0.25, 0.3) is 0 Å². The number of piperidine rings is 1. The van der Waals surface area contributed by atoms with E-state index in [4.69, 9.17) is 4.74 Å². The van der Waals surface area contributed by atoms with Gasteiger partial charge in [-0.15, -0.1) is 0 Å². The highest BCUT2D eigenvalue weighted by molar-refractivity contribution is 9.10. The summed E-state index contributed by atoms with van der Waals surface area (Å²) in [7, 11) is 1.51. The lowest BCUT2D eigenvalue weighted by Gasteiger charge is -2.27. The van der Waals surface area contributed by atoms with Crippen LogP contribution in [0.15, 0.2) is 22.2 Å². The number of carbonyl (C=O) groups excluding carboxylic acids is 1. The quantitative estimate of drug-likeness (QED) is 0.844. The summed E-state index contributed by atoms with van der Waals surface area (Å²) in [5.74, 6) is 0.650. The second-order valence-corrected chi connectivity index (χ2v) is 5.93. The number of hydrogen-bond acceptors (Lipinski definition) is 4.